The fourth-order valence-corrected chi connectivity index (χ4v) is 3.11. The number of para-hydroxylation sites is 1. The van der Waals surface area contributed by atoms with Crippen LogP contribution in [-0.2, 0) is 6.42 Å². The molecule has 4 rings (SSSR count). The van der Waals surface area contributed by atoms with Crippen LogP contribution in [0.25, 0.3) is 0 Å². The number of nitrogens with zero attached hydrogens (tertiary/aromatic N) is 1. The highest BCUT2D eigenvalue weighted by molar-refractivity contribution is 6.31. The van der Waals surface area contributed by atoms with Gasteiger partial charge in [0.05, 0.1) is 11.4 Å². The molecule has 0 saturated carbocycles. The summed E-state index contributed by atoms with van der Waals surface area (Å²) in [6.07, 6.45) is 0.903. The molecule has 0 unspecified atom stereocenters. The highest BCUT2D eigenvalue weighted by Crippen LogP contribution is 2.30. The Morgan fingerprint density at radius 1 is 0.773 bits per heavy atom. The van der Waals surface area contributed by atoms with E-state index in [1.54, 1.807) is 0 Å². The van der Waals surface area contributed by atoms with Gasteiger partial charge in [-0.3, -0.25) is 0 Å². The van der Waals surface area contributed by atoms with E-state index in [1.807, 2.05) is 24.3 Å². The summed E-state index contributed by atoms with van der Waals surface area (Å²) in [5.41, 5.74) is 6.81. The Labute approximate surface area is 134 Å². The van der Waals surface area contributed by atoms with Gasteiger partial charge >= 0.3 is 0 Å². The van der Waals surface area contributed by atoms with Gasteiger partial charge in [0.15, 0.2) is 0 Å². The van der Waals surface area contributed by atoms with Crippen LogP contribution in [0.2, 0.25) is 5.02 Å². The summed E-state index contributed by atoms with van der Waals surface area (Å²) >= 11 is 6.18. The average Bonchev–Trinajstić information content (AvgIpc) is 2.71. The first kappa shape index (κ1) is 13.3. The topological polar surface area (TPSA) is 12.4 Å². The molecule has 0 amide bonds. The first-order chi connectivity index (χ1) is 10.8. The number of aliphatic imine (C=N–C) groups is 1. The van der Waals surface area contributed by atoms with E-state index in [0.29, 0.717) is 0 Å². The lowest BCUT2D eigenvalue weighted by Gasteiger charge is -2.09. The Balaban J connectivity index is 2.00. The van der Waals surface area contributed by atoms with E-state index in [1.165, 1.54) is 16.7 Å². The Bertz CT molecular complexity index is 880. The lowest BCUT2D eigenvalue weighted by Crippen LogP contribution is -2.05. The highest BCUT2D eigenvalue weighted by atomic mass is 35.5. The van der Waals surface area contributed by atoms with E-state index in [0.717, 1.165) is 28.4 Å². The predicted octanol–water partition coefficient (Wildman–Crippen LogP) is 5.41. The summed E-state index contributed by atoms with van der Waals surface area (Å²) in [6, 6.07) is 24.7. The zero-order chi connectivity index (χ0) is 14.9. The first-order valence-corrected chi connectivity index (χ1v) is 7.70. The van der Waals surface area contributed by atoms with Crippen LogP contribution < -0.4 is 0 Å². The normalized spacial score (nSPS) is 12.9. The molecule has 0 spiro atoms. The minimum Gasteiger partial charge on any atom is -0.247 e. The predicted molar refractivity (Wildman–Crippen MR) is 92.4 cm³/mol. The molecule has 1 aliphatic rings. The molecule has 2 heteroatoms. The van der Waals surface area contributed by atoms with Crippen LogP contribution in [0.15, 0.2) is 77.8 Å². The zero-order valence-electron chi connectivity index (χ0n) is 12.0. The second-order valence-corrected chi connectivity index (χ2v) is 5.87. The van der Waals surface area contributed by atoms with E-state index in [9.17, 15) is 0 Å². The molecule has 0 fully saturated rings. The maximum absolute atomic E-state index is 6.18. The maximum Gasteiger partial charge on any atom is 0.0785 e. The van der Waals surface area contributed by atoms with Gasteiger partial charge in [0, 0.05) is 22.6 Å². The van der Waals surface area contributed by atoms with Crippen LogP contribution in [0.4, 0.5) is 5.69 Å². The third-order valence-electron chi connectivity index (χ3n) is 3.98. The molecule has 3 aromatic rings. The summed E-state index contributed by atoms with van der Waals surface area (Å²) in [6.45, 7) is 0. The van der Waals surface area contributed by atoms with Crippen LogP contribution in [0.5, 0.6) is 0 Å². The van der Waals surface area contributed by atoms with Gasteiger partial charge in [-0.15, -0.1) is 0 Å². The lowest BCUT2D eigenvalue weighted by atomic mass is 9.95. The van der Waals surface area contributed by atoms with Crippen molar-refractivity contribution in [2.45, 2.75) is 6.42 Å². The van der Waals surface area contributed by atoms with Crippen LogP contribution in [0.3, 0.4) is 0 Å². The van der Waals surface area contributed by atoms with E-state index >= 15 is 0 Å². The fourth-order valence-electron chi connectivity index (χ4n) is 2.92. The van der Waals surface area contributed by atoms with Gasteiger partial charge < -0.3 is 0 Å². The highest BCUT2D eigenvalue weighted by Gasteiger charge is 2.17. The summed E-state index contributed by atoms with van der Waals surface area (Å²) in [7, 11) is 0. The molecule has 0 atom stereocenters. The Kier molecular flexibility index (Phi) is 3.28. The minimum atomic E-state index is 0.732. The summed E-state index contributed by atoms with van der Waals surface area (Å²) in [4.78, 5) is 4.95. The van der Waals surface area contributed by atoms with Crippen molar-refractivity contribution in [3.05, 3.63) is 100 Å². The van der Waals surface area contributed by atoms with E-state index in [2.05, 4.69) is 48.5 Å². The quantitative estimate of drug-likeness (QED) is 0.445. The van der Waals surface area contributed by atoms with Crippen molar-refractivity contribution >= 4 is 23.0 Å². The average molecular weight is 304 g/mol. The summed E-state index contributed by atoms with van der Waals surface area (Å²) < 4.78 is 0. The number of hydrogen-bond acceptors (Lipinski definition) is 1. The molecule has 0 N–H and O–H groups in total. The smallest absolute Gasteiger partial charge is 0.0785 e. The van der Waals surface area contributed by atoms with Crippen molar-refractivity contribution in [2.75, 3.05) is 0 Å². The molecule has 0 radical (unpaired) electrons. The fraction of sp³-hybridized carbons (Fsp3) is 0.0500. The molecule has 3 aromatic carbocycles. The Morgan fingerprint density at radius 2 is 1.55 bits per heavy atom. The van der Waals surface area contributed by atoms with Gasteiger partial charge in [0.2, 0.25) is 0 Å². The van der Waals surface area contributed by atoms with Gasteiger partial charge in [-0.1, -0.05) is 66.2 Å². The monoisotopic (exact) mass is 303 g/mol. The van der Waals surface area contributed by atoms with Crippen LogP contribution in [-0.4, -0.2) is 5.71 Å². The number of hydrogen-bond donors (Lipinski definition) is 0. The third kappa shape index (κ3) is 2.34. The molecule has 106 valence electrons. The van der Waals surface area contributed by atoms with E-state index in [4.69, 9.17) is 16.6 Å². The molecule has 1 nitrogen and oxygen atoms in total. The van der Waals surface area contributed by atoms with Crippen LogP contribution in [0, 0.1) is 0 Å². The number of fused-ring (bicyclic) bond motifs is 2. The van der Waals surface area contributed by atoms with Crippen molar-refractivity contribution < 1.29 is 0 Å². The summed E-state index contributed by atoms with van der Waals surface area (Å²) in [5.74, 6) is 0. The molecule has 0 bridgehead atoms. The Morgan fingerprint density at radius 3 is 2.41 bits per heavy atom. The molecule has 1 heterocycles. The third-order valence-corrected chi connectivity index (χ3v) is 4.21. The van der Waals surface area contributed by atoms with Crippen molar-refractivity contribution in [2.24, 2.45) is 4.99 Å². The molecular formula is C20H14ClN. The minimum absolute atomic E-state index is 0.732. The molecule has 0 aliphatic carbocycles. The zero-order valence-corrected chi connectivity index (χ0v) is 12.7. The van der Waals surface area contributed by atoms with Gasteiger partial charge in [0.1, 0.15) is 0 Å². The van der Waals surface area contributed by atoms with Gasteiger partial charge in [0.25, 0.3) is 0 Å². The van der Waals surface area contributed by atoms with Crippen molar-refractivity contribution in [1.29, 1.82) is 0 Å². The lowest BCUT2D eigenvalue weighted by molar-refractivity contribution is 1.19. The molecule has 0 aromatic heterocycles. The largest absolute Gasteiger partial charge is 0.247 e. The van der Waals surface area contributed by atoms with Gasteiger partial charge in [-0.05, 0) is 29.3 Å². The Hall–Kier alpha value is -2.38. The first-order valence-electron chi connectivity index (χ1n) is 7.32. The molecular weight excluding hydrogens is 290 g/mol. The van der Waals surface area contributed by atoms with Crippen molar-refractivity contribution in [3.63, 3.8) is 0 Å². The molecule has 1 aliphatic heterocycles. The SMILES string of the molecule is Clc1cccc(C2=Nc3ccccc3Cc3ccccc32)c1. The van der Waals surface area contributed by atoms with Crippen molar-refractivity contribution in [3.8, 4) is 0 Å². The van der Waals surface area contributed by atoms with Crippen molar-refractivity contribution in [1.82, 2.24) is 0 Å². The number of benzene rings is 3. The molecule has 22 heavy (non-hydrogen) atoms. The summed E-state index contributed by atoms with van der Waals surface area (Å²) in [5, 5.41) is 0.732. The molecule has 0 saturated heterocycles. The number of halogens is 1. The van der Waals surface area contributed by atoms with Gasteiger partial charge in [-0.2, -0.15) is 0 Å². The van der Waals surface area contributed by atoms with E-state index in [-0.39, 0.29) is 0 Å². The standard InChI is InChI=1S/C20H14ClN/c21-17-9-5-8-16(13-17)20-18-10-3-1-6-14(18)12-15-7-2-4-11-19(15)22-20/h1-11,13H,12H2. The van der Waals surface area contributed by atoms with Gasteiger partial charge in [-0.25, -0.2) is 4.99 Å². The maximum atomic E-state index is 6.18. The second kappa shape index (κ2) is 5.43. The second-order valence-electron chi connectivity index (χ2n) is 5.43. The number of rotatable bonds is 1. The van der Waals surface area contributed by atoms with E-state index < -0.39 is 0 Å². The van der Waals surface area contributed by atoms with Crippen LogP contribution >= 0.6 is 11.6 Å². The van der Waals surface area contributed by atoms with Crippen LogP contribution in [0.1, 0.15) is 22.3 Å².